The molecular weight excluding hydrogens is 312 g/mol. The second kappa shape index (κ2) is 6.36. The standard InChI is InChI=1S/C12H15BrN4S/c1-14-10(11-12(13)15-16-17(11)2)8-18-9-6-4-3-5-7-9/h3-7,10,14H,8H2,1-2H3. The molecule has 96 valence electrons. The van der Waals surface area contributed by atoms with Gasteiger partial charge in [-0.1, -0.05) is 23.4 Å². The van der Waals surface area contributed by atoms with Gasteiger partial charge in [0.2, 0.25) is 0 Å². The molecule has 1 N–H and O–H groups in total. The van der Waals surface area contributed by atoms with E-state index in [1.807, 2.05) is 31.9 Å². The van der Waals surface area contributed by atoms with E-state index in [9.17, 15) is 0 Å². The molecule has 1 unspecified atom stereocenters. The lowest BCUT2D eigenvalue weighted by Crippen LogP contribution is -2.22. The third-order valence-electron chi connectivity index (χ3n) is 2.67. The molecule has 0 amide bonds. The summed E-state index contributed by atoms with van der Waals surface area (Å²) in [6, 6.07) is 10.6. The predicted molar refractivity (Wildman–Crippen MR) is 77.7 cm³/mol. The van der Waals surface area contributed by atoms with E-state index < -0.39 is 0 Å². The highest BCUT2D eigenvalue weighted by molar-refractivity contribution is 9.10. The summed E-state index contributed by atoms with van der Waals surface area (Å²) in [5.41, 5.74) is 1.07. The van der Waals surface area contributed by atoms with Crippen molar-refractivity contribution in [2.24, 2.45) is 7.05 Å². The Bertz CT molecular complexity index is 481. The fourth-order valence-corrected chi connectivity index (χ4v) is 3.34. The molecule has 1 aromatic carbocycles. The van der Waals surface area contributed by atoms with E-state index in [0.29, 0.717) is 0 Å². The number of hydrogen-bond acceptors (Lipinski definition) is 4. The monoisotopic (exact) mass is 326 g/mol. The molecule has 1 atom stereocenters. The van der Waals surface area contributed by atoms with Gasteiger partial charge in [-0.05, 0) is 35.1 Å². The third-order valence-corrected chi connectivity index (χ3v) is 4.34. The Labute approximate surface area is 119 Å². The Kier molecular flexibility index (Phi) is 4.79. The minimum atomic E-state index is 0.213. The molecule has 6 heteroatoms. The molecule has 0 bridgehead atoms. The lowest BCUT2D eigenvalue weighted by Gasteiger charge is -2.16. The summed E-state index contributed by atoms with van der Waals surface area (Å²) in [4.78, 5) is 1.27. The van der Waals surface area contributed by atoms with Crippen LogP contribution in [0.1, 0.15) is 11.7 Å². The molecule has 0 aliphatic heterocycles. The van der Waals surface area contributed by atoms with Gasteiger partial charge in [0, 0.05) is 17.7 Å². The summed E-state index contributed by atoms with van der Waals surface area (Å²) in [7, 11) is 3.86. The van der Waals surface area contributed by atoms with E-state index >= 15 is 0 Å². The van der Waals surface area contributed by atoms with Crippen molar-refractivity contribution in [2.75, 3.05) is 12.8 Å². The van der Waals surface area contributed by atoms with Crippen LogP contribution >= 0.6 is 27.7 Å². The number of nitrogens with zero attached hydrogens (tertiary/aromatic N) is 3. The number of halogens is 1. The normalized spacial score (nSPS) is 12.6. The summed E-state index contributed by atoms with van der Waals surface area (Å²) >= 11 is 5.26. The maximum atomic E-state index is 4.02. The Morgan fingerprint density at radius 1 is 1.39 bits per heavy atom. The topological polar surface area (TPSA) is 42.7 Å². The average molecular weight is 327 g/mol. The molecule has 18 heavy (non-hydrogen) atoms. The van der Waals surface area contributed by atoms with Crippen LogP contribution in [-0.4, -0.2) is 27.8 Å². The van der Waals surface area contributed by atoms with Crippen LogP contribution in [-0.2, 0) is 7.05 Å². The summed E-state index contributed by atoms with van der Waals surface area (Å²) in [6.45, 7) is 0. The number of nitrogens with one attached hydrogen (secondary N) is 1. The zero-order chi connectivity index (χ0) is 13.0. The predicted octanol–water partition coefficient (Wildman–Crippen LogP) is 2.63. The van der Waals surface area contributed by atoms with E-state index in [1.165, 1.54) is 4.90 Å². The molecule has 0 spiro atoms. The summed E-state index contributed by atoms with van der Waals surface area (Å²) in [5.74, 6) is 0.931. The molecule has 1 heterocycles. The molecule has 4 nitrogen and oxygen atoms in total. The van der Waals surface area contributed by atoms with Crippen LogP contribution in [0.5, 0.6) is 0 Å². The lowest BCUT2D eigenvalue weighted by atomic mass is 10.2. The zero-order valence-electron chi connectivity index (χ0n) is 10.3. The molecule has 0 aliphatic carbocycles. The first kappa shape index (κ1) is 13.6. The maximum Gasteiger partial charge on any atom is 0.153 e. The van der Waals surface area contributed by atoms with Crippen LogP contribution in [0.25, 0.3) is 0 Å². The van der Waals surface area contributed by atoms with E-state index in [4.69, 9.17) is 0 Å². The van der Waals surface area contributed by atoms with Crippen LogP contribution in [0.15, 0.2) is 39.8 Å². The number of thioether (sulfide) groups is 1. The maximum absolute atomic E-state index is 4.02. The van der Waals surface area contributed by atoms with E-state index in [-0.39, 0.29) is 6.04 Å². The molecular formula is C12H15BrN4S. The Morgan fingerprint density at radius 2 is 2.11 bits per heavy atom. The molecule has 0 fully saturated rings. The van der Waals surface area contributed by atoms with Gasteiger partial charge < -0.3 is 5.32 Å². The fraction of sp³-hybridized carbons (Fsp3) is 0.333. The highest BCUT2D eigenvalue weighted by Crippen LogP contribution is 2.27. The molecule has 1 aromatic heterocycles. The number of aromatic nitrogens is 3. The smallest absolute Gasteiger partial charge is 0.153 e. The first-order chi connectivity index (χ1) is 8.72. The van der Waals surface area contributed by atoms with E-state index in [2.05, 4.69) is 55.8 Å². The minimum Gasteiger partial charge on any atom is -0.311 e. The Morgan fingerprint density at radius 3 is 2.67 bits per heavy atom. The molecule has 2 rings (SSSR count). The van der Waals surface area contributed by atoms with Crippen molar-refractivity contribution in [1.29, 1.82) is 0 Å². The highest BCUT2D eigenvalue weighted by Gasteiger charge is 2.18. The minimum absolute atomic E-state index is 0.213. The van der Waals surface area contributed by atoms with Crippen molar-refractivity contribution >= 4 is 27.7 Å². The first-order valence-corrected chi connectivity index (χ1v) is 7.40. The number of aryl methyl sites for hydroxylation is 1. The van der Waals surface area contributed by atoms with Gasteiger partial charge in [-0.25, -0.2) is 4.68 Å². The molecule has 0 radical (unpaired) electrons. The molecule has 0 saturated heterocycles. The van der Waals surface area contributed by atoms with Crippen LogP contribution < -0.4 is 5.32 Å². The van der Waals surface area contributed by atoms with Crippen molar-refractivity contribution in [1.82, 2.24) is 20.3 Å². The first-order valence-electron chi connectivity index (χ1n) is 5.62. The average Bonchev–Trinajstić information content (AvgIpc) is 2.73. The van der Waals surface area contributed by atoms with Crippen molar-refractivity contribution in [3.8, 4) is 0 Å². The highest BCUT2D eigenvalue weighted by atomic mass is 79.9. The second-order valence-electron chi connectivity index (χ2n) is 3.85. The largest absolute Gasteiger partial charge is 0.311 e. The number of benzene rings is 1. The molecule has 0 saturated carbocycles. The van der Waals surface area contributed by atoms with Gasteiger partial charge in [0.25, 0.3) is 0 Å². The van der Waals surface area contributed by atoms with Gasteiger partial charge in [-0.3, -0.25) is 0 Å². The summed E-state index contributed by atoms with van der Waals surface area (Å²) < 4.78 is 2.61. The van der Waals surface area contributed by atoms with Crippen LogP contribution in [0.3, 0.4) is 0 Å². The van der Waals surface area contributed by atoms with E-state index in [1.54, 1.807) is 4.68 Å². The van der Waals surface area contributed by atoms with Gasteiger partial charge >= 0.3 is 0 Å². The van der Waals surface area contributed by atoms with Crippen molar-refractivity contribution < 1.29 is 0 Å². The fourth-order valence-electron chi connectivity index (χ4n) is 1.70. The van der Waals surface area contributed by atoms with Crippen molar-refractivity contribution in [3.63, 3.8) is 0 Å². The van der Waals surface area contributed by atoms with Crippen LogP contribution in [0.2, 0.25) is 0 Å². The van der Waals surface area contributed by atoms with Crippen LogP contribution in [0, 0.1) is 0 Å². The number of rotatable bonds is 5. The van der Waals surface area contributed by atoms with E-state index in [0.717, 1.165) is 16.0 Å². The van der Waals surface area contributed by atoms with Crippen molar-refractivity contribution in [2.45, 2.75) is 10.9 Å². The Hall–Kier alpha value is -0.850. The quantitative estimate of drug-likeness (QED) is 0.858. The second-order valence-corrected chi connectivity index (χ2v) is 5.70. The van der Waals surface area contributed by atoms with Gasteiger partial charge in [0.1, 0.15) is 0 Å². The molecule has 0 aliphatic rings. The SMILES string of the molecule is CNC(CSc1ccccc1)c1c(Br)nnn1C. The van der Waals surface area contributed by atoms with Crippen LogP contribution in [0.4, 0.5) is 0 Å². The van der Waals surface area contributed by atoms with Gasteiger partial charge in [0.15, 0.2) is 4.60 Å². The van der Waals surface area contributed by atoms with Gasteiger partial charge in [-0.15, -0.1) is 16.9 Å². The summed E-state index contributed by atoms with van der Waals surface area (Å²) in [5, 5.41) is 11.3. The van der Waals surface area contributed by atoms with Gasteiger partial charge in [-0.2, -0.15) is 0 Å². The third kappa shape index (κ3) is 3.13. The molecule has 2 aromatic rings. The van der Waals surface area contributed by atoms with Crippen molar-refractivity contribution in [3.05, 3.63) is 40.6 Å². The zero-order valence-corrected chi connectivity index (χ0v) is 12.7. The summed E-state index contributed by atoms with van der Waals surface area (Å²) in [6.07, 6.45) is 0. The lowest BCUT2D eigenvalue weighted by molar-refractivity contribution is 0.578. The number of hydrogen-bond donors (Lipinski definition) is 1. The van der Waals surface area contributed by atoms with Gasteiger partial charge in [0.05, 0.1) is 11.7 Å². The Balaban J connectivity index is 2.07.